The highest BCUT2D eigenvalue weighted by atomic mass is 32.2. The maximum atomic E-state index is 12.6. The van der Waals surface area contributed by atoms with Gasteiger partial charge in [0, 0.05) is 30.9 Å². The van der Waals surface area contributed by atoms with Gasteiger partial charge in [-0.3, -0.25) is 9.78 Å². The van der Waals surface area contributed by atoms with Crippen molar-refractivity contribution in [2.24, 2.45) is 5.92 Å². The van der Waals surface area contributed by atoms with E-state index < -0.39 is 16.1 Å². The zero-order chi connectivity index (χ0) is 24.9. The first-order valence-electron chi connectivity index (χ1n) is 11.1. The lowest BCUT2D eigenvalue weighted by molar-refractivity contribution is -0.122. The van der Waals surface area contributed by atoms with Gasteiger partial charge in [0.25, 0.3) is 0 Å². The van der Waals surface area contributed by atoms with Crippen molar-refractivity contribution in [3.63, 3.8) is 0 Å². The summed E-state index contributed by atoms with van der Waals surface area (Å²) >= 11 is 0. The third kappa shape index (κ3) is 6.48. The van der Waals surface area contributed by atoms with E-state index in [-0.39, 0.29) is 41.0 Å². The van der Waals surface area contributed by atoms with E-state index in [1.54, 1.807) is 42.7 Å². The topological polar surface area (TPSA) is 127 Å². The average molecular weight is 486 g/mol. The van der Waals surface area contributed by atoms with Crippen molar-refractivity contribution in [1.29, 1.82) is 0 Å². The Morgan fingerprint density at radius 2 is 1.82 bits per heavy atom. The van der Waals surface area contributed by atoms with Crippen molar-refractivity contribution >= 4 is 15.9 Å². The average Bonchev–Trinajstić information content (AvgIpc) is 3.27. The van der Waals surface area contributed by atoms with Crippen LogP contribution in [0.25, 0.3) is 11.4 Å². The normalized spacial score (nSPS) is 13.1. The molecule has 0 aliphatic carbocycles. The molecule has 3 rings (SSSR count). The van der Waals surface area contributed by atoms with Gasteiger partial charge in [0.1, 0.15) is 6.04 Å². The van der Waals surface area contributed by atoms with Crippen LogP contribution in [0.3, 0.4) is 0 Å². The Bertz CT molecular complexity index is 1200. The summed E-state index contributed by atoms with van der Waals surface area (Å²) in [5.74, 6) is 0.310. The van der Waals surface area contributed by atoms with E-state index in [0.717, 1.165) is 5.56 Å². The summed E-state index contributed by atoms with van der Waals surface area (Å²) in [5.41, 5.74) is 1.67. The number of hydrogen-bond acceptors (Lipinski definition) is 7. The summed E-state index contributed by atoms with van der Waals surface area (Å²) in [5, 5.41) is 6.84. The van der Waals surface area contributed by atoms with Gasteiger partial charge in [-0.25, -0.2) is 13.1 Å². The Balaban J connectivity index is 1.58. The monoisotopic (exact) mass is 485 g/mol. The lowest BCUT2D eigenvalue weighted by Crippen LogP contribution is -2.35. The first-order chi connectivity index (χ1) is 16.0. The second-order valence-corrected chi connectivity index (χ2v) is 11.2. The molecule has 0 fully saturated rings. The number of sulfonamides is 1. The van der Waals surface area contributed by atoms with Crippen LogP contribution >= 0.6 is 0 Å². The van der Waals surface area contributed by atoms with E-state index in [9.17, 15) is 13.2 Å². The highest BCUT2D eigenvalue weighted by Crippen LogP contribution is 2.24. The molecule has 3 aromatic rings. The molecule has 1 amide bonds. The number of benzene rings is 1. The molecule has 34 heavy (non-hydrogen) atoms. The molecule has 0 aliphatic heterocycles. The fraction of sp³-hybridized carbons (Fsp3) is 0.417. The van der Waals surface area contributed by atoms with Crippen LogP contribution in [-0.2, 0) is 20.2 Å². The minimum atomic E-state index is -3.72. The number of pyridine rings is 1. The van der Waals surface area contributed by atoms with Gasteiger partial charge in [-0.05, 0) is 41.2 Å². The van der Waals surface area contributed by atoms with Crippen LogP contribution < -0.4 is 10.0 Å². The van der Waals surface area contributed by atoms with Crippen molar-refractivity contribution in [3.05, 3.63) is 60.2 Å². The summed E-state index contributed by atoms with van der Waals surface area (Å²) in [6.07, 6.45) is 3.24. The van der Waals surface area contributed by atoms with E-state index in [1.165, 1.54) is 0 Å². The maximum Gasteiger partial charge on any atom is 0.249 e. The molecule has 0 spiro atoms. The van der Waals surface area contributed by atoms with Gasteiger partial charge >= 0.3 is 0 Å². The lowest BCUT2D eigenvalue weighted by atomic mass is 9.87. The number of aromatic nitrogens is 3. The molecule has 9 nitrogen and oxygen atoms in total. The molecule has 1 aromatic carbocycles. The second-order valence-electron chi connectivity index (χ2n) is 9.41. The molecule has 2 heterocycles. The van der Waals surface area contributed by atoms with Crippen LogP contribution in [0.2, 0.25) is 0 Å². The summed E-state index contributed by atoms with van der Waals surface area (Å²) < 4.78 is 33.0. The molecular formula is C24H31N5O4S. The number of carbonyl (C=O) groups excluding carboxylic acids is 1. The standard InChI is InChI=1S/C24H31N5O4S/c1-16(2)21(23-28-22(29-33-23)17-7-6-13-25-15-17)27-20(30)12-14-26-34(31,32)19-10-8-18(9-11-19)24(3,4)5/h6-11,13,15-16,21,26H,12,14H2,1-5H3,(H,27,30). The quantitative estimate of drug-likeness (QED) is 0.474. The van der Waals surface area contributed by atoms with Crippen molar-refractivity contribution in [2.45, 2.75) is 57.4 Å². The zero-order valence-corrected chi connectivity index (χ0v) is 20.9. The molecule has 0 bridgehead atoms. The zero-order valence-electron chi connectivity index (χ0n) is 20.1. The fourth-order valence-corrected chi connectivity index (χ4v) is 4.28. The van der Waals surface area contributed by atoms with Crippen LogP contribution in [0.1, 0.15) is 58.5 Å². The third-order valence-electron chi connectivity index (χ3n) is 5.29. The van der Waals surface area contributed by atoms with E-state index in [1.807, 2.05) is 19.9 Å². The maximum absolute atomic E-state index is 12.6. The molecular weight excluding hydrogens is 454 g/mol. The molecule has 0 saturated carbocycles. The molecule has 10 heteroatoms. The number of nitrogens with zero attached hydrogens (tertiary/aromatic N) is 3. The van der Waals surface area contributed by atoms with Crippen LogP contribution in [0.5, 0.6) is 0 Å². The van der Waals surface area contributed by atoms with E-state index >= 15 is 0 Å². The van der Waals surface area contributed by atoms with Crippen LogP contribution in [0, 0.1) is 5.92 Å². The molecule has 0 saturated heterocycles. The first-order valence-corrected chi connectivity index (χ1v) is 12.6. The van der Waals surface area contributed by atoms with Crippen LogP contribution in [0.4, 0.5) is 0 Å². The van der Waals surface area contributed by atoms with Gasteiger partial charge in [0.2, 0.25) is 27.6 Å². The van der Waals surface area contributed by atoms with Gasteiger partial charge in [-0.2, -0.15) is 4.98 Å². The SMILES string of the molecule is CC(C)C(NC(=O)CCNS(=O)(=O)c1ccc(C(C)(C)C)cc1)c1nc(-c2cccnc2)no1. The van der Waals surface area contributed by atoms with E-state index in [0.29, 0.717) is 11.4 Å². The van der Waals surface area contributed by atoms with E-state index in [2.05, 4.69) is 45.9 Å². The molecule has 0 radical (unpaired) electrons. The minimum Gasteiger partial charge on any atom is -0.344 e. The van der Waals surface area contributed by atoms with E-state index in [4.69, 9.17) is 4.52 Å². The molecule has 182 valence electrons. The molecule has 1 atom stereocenters. The summed E-state index contributed by atoms with van der Waals surface area (Å²) in [4.78, 5) is 21.1. The van der Waals surface area contributed by atoms with Crippen molar-refractivity contribution in [2.75, 3.05) is 6.54 Å². The van der Waals surface area contributed by atoms with Gasteiger partial charge in [0.15, 0.2) is 0 Å². The smallest absolute Gasteiger partial charge is 0.249 e. The molecule has 2 N–H and O–H groups in total. The van der Waals surface area contributed by atoms with Gasteiger partial charge in [0.05, 0.1) is 4.90 Å². The minimum absolute atomic E-state index is 0.0239. The summed E-state index contributed by atoms with van der Waals surface area (Å²) in [6.45, 7) is 9.99. The largest absolute Gasteiger partial charge is 0.344 e. The molecule has 0 aliphatic rings. The van der Waals surface area contributed by atoms with Crippen molar-refractivity contribution < 1.29 is 17.7 Å². The lowest BCUT2D eigenvalue weighted by Gasteiger charge is -2.19. The second kappa shape index (κ2) is 10.4. The number of carbonyl (C=O) groups is 1. The van der Waals surface area contributed by atoms with Gasteiger partial charge in [-0.15, -0.1) is 0 Å². The molecule has 1 unspecified atom stereocenters. The Hall–Kier alpha value is -3.11. The molecule has 2 aromatic heterocycles. The number of hydrogen-bond donors (Lipinski definition) is 2. The fourth-order valence-electron chi connectivity index (χ4n) is 3.25. The van der Waals surface area contributed by atoms with Crippen LogP contribution in [-0.4, -0.2) is 36.0 Å². The Morgan fingerprint density at radius 1 is 1.12 bits per heavy atom. The Labute approximate surface area is 200 Å². The highest BCUT2D eigenvalue weighted by Gasteiger charge is 2.25. The number of rotatable bonds is 9. The predicted octanol–water partition coefficient (Wildman–Crippen LogP) is 3.61. The Kier molecular flexibility index (Phi) is 7.83. The highest BCUT2D eigenvalue weighted by molar-refractivity contribution is 7.89. The third-order valence-corrected chi connectivity index (χ3v) is 6.76. The predicted molar refractivity (Wildman–Crippen MR) is 128 cm³/mol. The summed E-state index contributed by atoms with van der Waals surface area (Å²) in [7, 11) is -3.72. The van der Waals surface area contributed by atoms with Crippen molar-refractivity contribution in [3.8, 4) is 11.4 Å². The number of nitrogens with one attached hydrogen (secondary N) is 2. The number of amides is 1. The summed E-state index contributed by atoms with van der Waals surface area (Å²) in [6, 6.07) is 9.84. The van der Waals surface area contributed by atoms with Crippen LogP contribution in [0.15, 0.2) is 58.2 Å². The first kappa shape index (κ1) is 25.5. The van der Waals surface area contributed by atoms with Gasteiger partial charge < -0.3 is 9.84 Å². The Morgan fingerprint density at radius 3 is 2.41 bits per heavy atom. The van der Waals surface area contributed by atoms with Gasteiger partial charge in [-0.1, -0.05) is 51.9 Å². The van der Waals surface area contributed by atoms with Crippen molar-refractivity contribution in [1.82, 2.24) is 25.2 Å².